The number of imidazole rings is 1. The van der Waals surface area contributed by atoms with Gasteiger partial charge in [0.1, 0.15) is 23.4 Å². The van der Waals surface area contributed by atoms with Crippen molar-refractivity contribution in [2.75, 3.05) is 12.8 Å². The second-order valence-corrected chi connectivity index (χ2v) is 4.93. The molecule has 2 heterocycles. The van der Waals surface area contributed by atoms with E-state index in [0.29, 0.717) is 32.8 Å². The Balaban J connectivity index is 2.01. The predicted molar refractivity (Wildman–Crippen MR) is 73.2 cm³/mol. The van der Waals surface area contributed by atoms with Gasteiger partial charge in [0, 0.05) is 0 Å². The molecule has 3 aromatic rings. The molecular weight excluding hydrogens is 281 g/mol. The Morgan fingerprint density at radius 1 is 1.35 bits per heavy atom. The monoisotopic (exact) mass is 291 g/mol. The Kier molecular flexibility index (Phi) is 3.15. The third kappa shape index (κ3) is 2.25. The zero-order valence-corrected chi connectivity index (χ0v) is 11.2. The Labute approximate surface area is 117 Å². The van der Waals surface area contributed by atoms with Crippen LogP contribution in [0.3, 0.4) is 0 Å². The number of aromatic amines is 1. The number of H-pyrrole nitrogens is 1. The molecule has 0 bridgehead atoms. The number of anilines is 1. The summed E-state index contributed by atoms with van der Waals surface area (Å²) in [5.41, 5.74) is 6.76. The van der Waals surface area contributed by atoms with Crippen LogP contribution in [0.5, 0.6) is 5.75 Å². The summed E-state index contributed by atoms with van der Waals surface area (Å²) in [6.45, 7) is 0. The van der Waals surface area contributed by atoms with Gasteiger partial charge in [0.25, 0.3) is 0 Å². The summed E-state index contributed by atoms with van der Waals surface area (Å²) in [7, 11) is 1.53. The summed E-state index contributed by atoms with van der Waals surface area (Å²) in [5.74, 6) is 0.542. The molecule has 2 aromatic heterocycles. The number of hydrogen-bond donors (Lipinski definition) is 2. The van der Waals surface area contributed by atoms with Crippen LogP contribution in [0.2, 0.25) is 0 Å². The first-order valence-corrected chi connectivity index (χ1v) is 6.46. The summed E-state index contributed by atoms with van der Waals surface area (Å²) in [4.78, 5) is 15.8. The highest BCUT2D eigenvalue weighted by Crippen LogP contribution is 2.34. The first-order chi connectivity index (χ1) is 9.67. The second kappa shape index (κ2) is 4.97. The highest BCUT2D eigenvalue weighted by molar-refractivity contribution is 7.99. The molecule has 8 heteroatoms. The fraction of sp³-hybridized carbons (Fsp3) is 0.0833. The van der Waals surface area contributed by atoms with E-state index in [1.54, 1.807) is 6.07 Å². The SMILES string of the molecule is COc1ccc(F)cc1Sc1nc2ncnc(N)c2[nH]1. The summed E-state index contributed by atoms with van der Waals surface area (Å²) in [6.07, 6.45) is 1.34. The average molecular weight is 291 g/mol. The van der Waals surface area contributed by atoms with Gasteiger partial charge in [0.2, 0.25) is 0 Å². The van der Waals surface area contributed by atoms with Crippen LogP contribution >= 0.6 is 11.8 Å². The number of halogens is 1. The first kappa shape index (κ1) is 12.7. The van der Waals surface area contributed by atoms with Crippen LogP contribution in [0.15, 0.2) is 34.6 Å². The molecule has 3 rings (SSSR count). The normalized spacial score (nSPS) is 10.9. The fourth-order valence-corrected chi connectivity index (χ4v) is 2.62. The number of nitrogens with two attached hydrogens (primary N) is 1. The lowest BCUT2D eigenvalue weighted by Crippen LogP contribution is -1.91. The molecular formula is C12H10FN5OS. The number of methoxy groups -OCH3 is 1. The van der Waals surface area contributed by atoms with E-state index in [-0.39, 0.29) is 5.82 Å². The van der Waals surface area contributed by atoms with Crippen molar-refractivity contribution in [2.45, 2.75) is 10.1 Å². The van der Waals surface area contributed by atoms with Crippen molar-refractivity contribution in [1.29, 1.82) is 0 Å². The van der Waals surface area contributed by atoms with Gasteiger partial charge in [-0.25, -0.2) is 19.3 Å². The standard InChI is InChI=1S/C12H10FN5OS/c1-19-7-3-2-6(13)4-8(7)20-12-17-9-10(14)15-5-16-11(9)18-12/h2-5H,1H3,(H3,14,15,16,17,18). The minimum absolute atomic E-state index is 0.320. The second-order valence-electron chi connectivity index (χ2n) is 3.90. The molecule has 0 aliphatic carbocycles. The van der Waals surface area contributed by atoms with E-state index >= 15 is 0 Å². The lowest BCUT2D eigenvalue weighted by Gasteiger charge is -2.05. The molecule has 0 atom stereocenters. The van der Waals surface area contributed by atoms with Crippen LogP contribution in [0.25, 0.3) is 11.2 Å². The van der Waals surface area contributed by atoms with Gasteiger partial charge >= 0.3 is 0 Å². The number of rotatable bonds is 3. The minimum Gasteiger partial charge on any atom is -0.496 e. The molecule has 102 valence electrons. The topological polar surface area (TPSA) is 89.7 Å². The van der Waals surface area contributed by atoms with Crippen molar-refractivity contribution in [3.05, 3.63) is 30.3 Å². The van der Waals surface area contributed by atoms with Gasteiger partial charge in [-0.15, -0.1) is 0 Å². The van der Waals surface area contributed by atoms with E-state index in [4.69, 9.17) is 10.5 Å². The van der Waals surface area contributed by atoms with Gasteiger partial charge in [-0.1, -0.05) is 0 Å². The largest absolute Gasteiger partial charge is 0.496 e. The molecule has 3 N–H and O–H groups in total. The van der Waals surface area contributed by atoms with Gasteiger partial charge in [0.05, 0.1) is 12.0 Å². The molecule has 20 heavy (non-hydrogen) atoms. The lowest BCUT2D eigenvalue weighted by atomic mass is 10.3. The van der Waals surface area contributed by atoms with E-state index in [1.165, 1.54) is 37.3 Å². The average Bonchev–Trinajstić information content (AvgIpc) is 2.83. The Hall–Kier alpha value is -2.35. The number of nitrogens with one attached hydrogen (secondary N) is 1. The maximum Gasteiger partial charge on any atom is 0.183 e. The number of hydrogen-bond acceptors (Lipinski definition) is 6. The van der Waals surface area contributed by atoms with Crippen molar-refractivity contribution >= 4 is 28.7 Å². The summed E-state index contributed by atoms with van der Waals surface area (Å²) >= 11 is 1.23. The van der Waals surface area contributed by atoms with E-state index < -0.39 is 0 Å². The molecule has 6 nitrogen and oxygen atoms in total. The Morgan fingerprint density at radius 3 is 2.95 bits per heavy atom. The van der Waals surface area contributed by atoms with Crippen molar-refractivity contribution in [1.82, 2.24) is 19.9 Å². The smallest absolute Gasteiger partial charge is 0.183 e. The minimum atomic E-state index is -0.344. The first-order valence-electron chi connectivity index (χ1n) is 5.65. The third-order valence-electron chi connectivity index (χ3n) is 2.63. The van der Waals surface area contributed by atoms with Crippen LogP contribution in [0.4, 0.5) is 10.2 Å². The quantitative estimate of drug-likeness (QED) is 0.769. The van der Waals surface area contributed by atoms with Crippen LogP contribution < -0.4 is 10.5 Å². The zero-order valence-electron chi connectivity index (χ0n) is 10.4. The number of benzene rings is 1. The molecule has 0 saturated heterocycles. The Morgan fingerprint density at radius 2 is 2.20 bits per heavy atom. The predicted octanol–water partition coefficient (Wildman–Crippen LogP) is 2.23. The number of fused-ring (bicyclic) bond motifs is 1. The molecule has 0 radical (unpaired) electrons. The third-order valence-corrected chi connectivity index (χ3v) is 3.55. The number of nitrogen functional groups attached to an aromatic ring is 1. The molecule has 1 aromatic carbocycles. The summed E-state index contributed by atoms with van der Waals surface area (Å²) < 4.78 is 18.5. The maximum absolute atomic E-state index is 13.3. The van der Waals surface area contributed by atoms with Gasteiger partial charge in [0.15, 0.2) is 16.6 Å². The van der Waals surface area contributed by atoms with Gasteiger partial charge < -0.3 is 15.5 Å². The van der Waals surface area contributed by atoms with E-state index in [2.05, 4.69) is 19.9 Å². The van der Waals surface area contributed by atoms with Crippen LogP contribution in [-0.2, 0) is 0 Å². The van der Waals surface area contributed by atoms with Crippen molar-refractivity contribution in [2.24, 2.45) is 0 Å². The molecule has 0 fully saturated rings. The van der Waals surface area contributed by atoms with Crippen molar-refractivity contribution in [3.63, 3.8) is 0 Å². The summed E-state index contributed by atoms with van der Waals surface area (Å²) in [6, 6.07) is 4.28. The lowest BCUT2D eigenvalue weighted by molar-refractivity contribution is 0.403. The maximum atomic E-state index is 13.3. The van der Waals surface area contributed by atoms with Crippen LogP contribution in [-0.4, -0.2) is 27.0 Å². The highest BCUT2D eigenvalue weighted by Gasteiger charge is 2.12. The fourth-order valence-electron chi connectivity index (χ4n) is 1.71. The van der Waals surface area contributed by atoms with Crippen molar-refractivity contribution < 1.29 is 9.13 Å². The van der Waals surface area contributed by atoms with Crippen LogP contribution in [0, 0.1) is 5.82 Å². The van der Waals surface area contributed by atoms with Crippen molar-refractivity contribution in [3.8, 4) is 5.75 Å². The molecule has 0 spiro atoms. The number of aromatic nitrogens is 4. The van der Waals surface area contributed by atoms with E-state index in [1.807, 2.05) is 0 Å². The molecule has 0 aliphatic rings. The highest BCUT2D eigenvalue weighted by atomic mass is 32.2. The molecule has 0 amide bonds. The van der Waals surface area contributed by atoms with E-state index in [0.717, 1.165) is 0 Å². The van der Waals surface area contributed by atoms with Gasteiger partial charge in [-0.05, 0) is 30.0 Å². The molecule has 0 unspecified atom stereocenters. The van der Waals surface area contributed by atoms with Gasteiger partial charge in [-0.2, -0.15) is 0 Å². The Bertz CT molecular complexity index is 776. The zero-order chi connectivity index (χ0) is 14.1. The van der Waals surface area contributed by atoms with Crippen LogP contribution in [0.1, 0.15) is 0 Å². The number of nitrogens with zero attached hydrogens (tertiary/aromatic N) is 3. The summed E-state index contributed by atoms with van der Waals surface area (Å²) in [5, 5.41) is 0.538. The molecule has 0 saturated carbocycles. The van der Waals surface area contributed by atoms with Gasteiger partial charge in [-0.3, -0.25) is 0 Å². The number of ether oxygens (including phenoxy) is 1. The van der Waals surface area contributed by atoms with E-state index in [9.17, 15) is 4.39 Å². The molecule has 0 aliphatic heterocycles.